The molecule has 5 aromatic rings. The van der Waals surface area contributed by atoms with Crippen LogP contribution in [0.2, 0.25) is 0 Å². The third-order valence-corrected chi connectivity index (χ3v) is 6.66. The Morgan fingerprint density at radius 2 is 1.85 bits per heavy atom. The summed E-state index contributed by atoms with van der Waals surface area (Å²) < 4.78 is 49.5. The lowest BCUT2D eigenvalue weighted by Gasteiger charge is -2.09. The maximum absolute atomic E-state index is 13.2. The molecule has 0 unspecified atom stereocenters. The van der Waals surface area contributed by atoms with E-state index in [2.05, 4.69) is 25.0 Å². The van der Waals surface area contributed by atoms with E-state index in [0.29, 0.717) is 41.1 Å². The van der Waals surface area contributed by atoms with Crippen LogP contribution in [0.3, 0.4) is 0 Å². The predicted octanol–water partition coefficient (Wildman–Crippen LogP) is 4.18. The molecule has 1 fully saturated rings. The molecule has 0 saturated heterocycles. The van der Waals surface area contributed by atoms with Crippen LogP contribution < -0.4 is 10.3 Å². The van der Waals surface area contributed by atoms with Gasteiger partial charge in [-0.1, -0.05) is 24.3 Å². The Kier molecular flexibility index (Phi) is 5.92. The lowest BCUT2D eigenvalue weighted by molar-refractivity contribution is -0.140. The first-order chi connectivity index (χ1) is 18.8. The number of aromatic nitrogens is 8. The molecule has 6 rings (SSSR count). The lowest BCUT2D eigenvalue weighted by Crippen LogP contribution is -2.22. The van der Waals surface area contributed by atoms with Crippen LogP contribution in [0.1, 0.15) is 42.6 Å². The summed E-state index contributed by atoms with van der Waals surface area (Å²) in [6, 6.07) is 8.29. The number of imidazole rings is 1. The van der Waals surface area contributed by atoms with Gasteiger partial charge in [0.15, 0.2) is 11.5 Å². The molecule has 39 heavy (non-hydrogen) atoms. The van der Waals surface area contributed by atoms with Crippen LogP contribution in [-0.2, 0) is 19.3 Å². The van der Waals surface area contributed by atoms with E-state index in [1.807, 2.05) is 0 Å². The van der Waals surface area contributed by atoms with Crippen molar-refractivity contribution in [3.8, 4) is 28.7 Å². The van der Waals surface area contributed by atoms with Crippen molar-refractivity contribution in [1.29, 1.82) is 0 Å². The maximum atomic E-state index is 13.2. The second-order valence-corrected chi connectivity index (χ2v) is 9.27. The fourth-order valence-corrected chi connectivity index (χ4v) is 4.56. The van der Waals surface area contributed by atoms with Gasteiger partial charge >= 0.3 is 6.18 Å². The molecule has 0 aliphatic heterocycles. The summed E-state index contributed by atoms with van der Waals surface area (Å²) in [6.07, 6.45) is 1.51. The molecule has 1 aromatic carbocycles. The van der Waals surface area contributed by atoms with Crippen LogP contribution >= 0.6 is 0 Å². The molecule has 0 amide bonds. The SMILES string of the molecule is CCn1cc(C(F)(F)F)nc1-c1ccc(Cn2c(=O)ccn3nc(-c4c(OC)ncnc4C4CC4)nc23)cc1. The number of halogens is 3. The van der Waals surface area contributed by atoms with Crippen molar-refractivity contribution in [2.24, 2.45) is 0 Å². The van der Waals surface area contributed by atoms with E-state index in [0.717, 1.165) is 30.3 Å². The summed E-state index contributed by atoms with van der Waals surface area (Å²) in [4.78, 5) is 30.0. The van der Waals surface area contributed by atoms with Gasteiger partial charge in [0.05, 0.1) is 19.3 Å². The highest BCUT2D eigenvalue weighted by Gasteiger charge is 2.35. The molecule has 200 valence electrons. The summed E-state index contributed by atoms with van der Waals surface area (Å²) in [5.74, 6) is 1.57. The zero-order valence-electron chi connectivity index (χ0n) is 21.1. The normalized spacial score (nSPS) is 13.8. The minimum Gasteiger partial charge on any atom is -0.480 e. The predicted molar refractivity (Wildman–Crippen MR) is 134 cm³/mol. The van der Waals surface area contributed by atoms with Crippen molar-refractivity contribution in [2.45, 2.75) is 44.9 Å². The molecule has 0 bridgehead atoms. The molecule has 4 heterocycles. The Morgan fingerprint density at radius 3 is 2.51 bits per heavy atom. The molecule has 10 nitrogen and oxygen atoms in total. The molecular formula is C26H23F3N8O2. The first-order valence-electron chi connectivity index (χ1n) is 12.4. The number of alkyl halides is 3. The van der Waals surface area contributed by atoms with E-state index in [9.17, 15) is 18.0 Å². The van der Waals surface area contributed by atoms with Crippen molar-refractivity contribution in [3.05, 3.63) is 76.4 Å². The van der Waals surface area contributed by atoms with Crippen molar-refractivity contribution in [2.75, 3.05) is 7.11 Å². The van der Waals surface area contributed by atoms with E-state index >= 15 is 0 Å². The Balaban J connectivity index is 1.35. The van der Waals surface area contributed by atoms with E-state index in [1.165, 1.54) is 33.2 Å². The number of benzene rings is 1. The van der Waals surface area contributed by atoms with Gasteiger partial charge in [-0.2, -0.15) is 18.2 Å². The summed E-state index contributed by atoms with van der Waals surface area (Å²) in [7, 11) is 1.52. The number of fused-ring (bicyclic) bond motifs is 1. The van der Waals surface area contributed by atoms with Crippen LogP contribution in [0, 0.1) is 0 Å². The number of hydrogen-bond acceptors (Lipinski definition) is 7. The van der Waals surface area contributed by atoms with Gasteiger partial charge in [0.1, 0.15) is 17.7 Å². The molecule has 1 saturated carbocycles. The molecule has 4 aromatic heterocycles. The Hall–Kier alpha value is -4.55. The van der Waals surface area contributed by atoms with E-state index in [-0.39, 0.29) is 17.9 Å². The van der Waals surface area contributed by atoms with Crippen molar-refractivity contribution < 1.29 is 17.9 Å². The fourth-order valence-electron chi connectivity index (χ4n) is 4.56. The molecule has 1 aliphatic carbocycles. The van der Waals surface area contributed by atoms with Crippen molar-refractivity contribution >= 4 is 5.78 Å². The lowest BCUT2D eigenvalue weighted by atomic mass is 10.1. The monoisotopic (exact) mass is 536 g/mol. The summed E-state index contributed by atoms with van der Waals surface area (Å²) in [5.41, 5.74) is 1.51. The van der Waals surface area contributed by atoms with Crippen LogP contribution in [0.15, 0.2) is 53.8 Å². The van der Waals surface area contributed by atoms with Gasteiger partial charge in [0, 0.05) is 36.5 Å². The van der Waals surface area contributed by atoms with Gasteiger partial charge in [-0.25, -0.2) is 19.5 Å². The quantitative estimate of drug-likeness (QED) is 0.307. The number of methoxy groups -OCH3 is 1. The maximum Gasteiger partial charge on any atom is 0.434 e. The van der Waals surface area contributed by atoms with Gasteiger partial charge in [-0.15, -0.1) is 5.10 Å². The first kappa shape index (κ1) is 24.8. The number of rotatable bonds is 7. The smallest absolute Gasteiger partial charge is 0.434 e. The van der Waals surface area contributed by atoms with Crippen LogP contribution in [-0.4, -0.2) is 45.8 Å². The average molecular weight is 537 g/mol. The van der Waals surface area contributed by atoms with E-state index in [1.54, 1.807) is 37.4 Å². The van der Waals surface area contributed by atoms with Crippen molar-refractivity contribution in [3.63, 3.8) is 0 Å². The second kappa shape index (κ2) is 9.33. The van der Waals surface area contributed by atoms with E-state index in [4.69, 9.17) is 4.74 Å². The number of ether oxygens (including phenoxy) is 1. The first-order valence-corrected chi connectivity index (χ1v) is 12.4. The van der Waals surface area contributed by atoms with Crippen molar-refractivity contribution in [1.82, 2.24) is 38.7 Å². The van der Waals surface area contributed by atoms with Gasteiger partial charge in [-0.05, 0) is 25.3 Å². The number of aryl methyl sites for hydroxylation is 1. The summed E-state index contributed by atoms with van der Waals surface area (Å²) in [5, 5.41) is 4.58. The third-order valence-electron chi connectivity index (χ3n) is 6.66. The molecule has 0 spiro atoms. The van der Waals surface area contributed by atoms with Gasteiger partial charge in [0.2, 0.25) is 11.7 Å². The molecule has 0 N–H and O–H groups in total. The molecule has 0 atom stereocenters. The minimum absolute atomic E-state index is 0.176. The highest BCUT2D eigenvalue weighted by Crippen LogP contribution is 2.44. The molecule has 1 aliphatic rings. The molecule has 13 heteroatoms. The summed E-state index contributed by atoms with van der Waals surface area (Å²) in [6.45, 7) is 2.27. The zero-order valence-corrected chi connectivity index (χ0v) is 21.1. The van der Waals surface area contributed by atoms with Crippen LogP contribution in [0.4, 0.5) is 13.2 Å². The van der Waals surface area contributed by atoms with E-state index < -0.39 is 11.9 Å². The van der Waals surface area contributed by atoms with Gasteiger partial charge in [0.25, 0.3) is 5.56 Å². The van der Waals surface area contributed by atoms with Gasteiger partial charge in [-0.3, -0.25) is 9.36 Å². The second-order valence-electron chi connectivity index (χ2n) is 9.27. The molecule has 0 radical (unpaired) electrons. The number of hydrogen-bond donors (Lipinski definition) is 0. The topological polar surface area (TPSA) is 105 Å². The highest BCUT2D eigenvalue weighted by atomic mass is 19.4. The third kappa shape index (κ3) is 4.53. The van der Waals surface area contributed by atoms with Gasteiger partial charge < -0.3 is 9.30 Å². The zero-order chi connectivity index (χ0) is 27.3. The standard InChI is InChI=1S/C26H23F3N8O2/c1-3-35-13-18(26(27,28)29)32-23(35)17-6-4-15(5-7-17)12-36-19(38)10-11-37-25(36)33-22(34-37)20-21(16-8-9-16)30-14-31-24(20)39-2/h4-7,10-11,13-14,16H,3,8-9,12H2,1-2H3. The molecular weight excluding hydrogens is 513 g/mol. The Morgan fingerprint density at radius 1 is 1.08 bits per heavy atom. The Labute approximate surface area is 219 Å². The average Bonchev–Trinajstić information content (AvgIpc) is 3.53. The van der Waals surface area contributed by atoms with Crippen LogP contribution in [0.5, 0.6) is 5.88 Å². The summed E-state index contributed by atoms with van der Waals surface area (Å²) >= 11 is 0. The fraction of sp³-hybridized carbons (Fsp3) is 0.308. The number of nitrogens with zero attached hydrogens (tertiary/aromatic N) is 8. The highest BCUT2D eigenvalue weighted by molar-refractivity contribution is 5.67. The van der Waals surface area contributed by atoms with Crippen LogP contribution in [0.25, 0.3) is 28.6 Å². The largest absolute Gasteiger partial charge is 0.480 e. The minimum atomic E-state index is -4.53. The Bertz CT molecular complexity index is 1730.